The summed E-state index contributed by atoms with van der Waals surface area (Å²) in [6.07, 6.45) is 1.14. The maximum atomic E-state index is 6.03. The number of benzene rings is 1. The Morgan fingerprint density at radius 2 is 2.12 bits per heavy atom. The van der Waals surface area contributed by atoms with Gasteiger partial charge >= 0.3 is 0 Å². The van der Waals surface area contributed by atoms with Crippen molar-refractivity contribution in [2.75, 3.05) is 7.05 Å². The van der Waals surface area contributed by atoms with Gasteiger partial charge in [0.1, 0.15) is 11.3 Å². The first-order chi connectivity index (χ1) is 8.19. The largest absolute Gasteiger partial charge is 0.459 e. The predicted octanol–water partition coefficient (Wildman–Crippen LogP) is 3.97. The monoisotopic (exact) mass is 231 g/mol. The third-order valence-corrected chi connectivity index (χ3v) is 3.57. The Bertz CT molecular complexity index is 513. The molecule has 0 spiro atoms. The standard InChI is InChI=1S/C15H21NO/c1-5-10(2)12-7-6-8-13-11(3)14(9-16-4)17-15(12)13/h6-8,10,16H,5,9H2,1-4H3. The number of nitrogens with one attached hydrogen (secondary N) is 1. The van der Waals surface area contributed by atoms with Crippen molar-refractivity contribution in [2.24, 2.45) is 0 Å². The number of rotatable bonds is 4. The van der Waals surface area contributed by atoms with Gasteiger partial charge in [-0.2, -0.15) is 0 Å². The summed E-state index contributed by atoms with van der Waals surface area (Å²) in [5.41, 5.74) is 3.67. The van der Waals surface area contributed by atoms with Crippen LogP contribution in [0.3, 0.4) is 0 Å². The van der Waals surface area contributed by atoms with Crippen molar-refractivity contribution in [1.29, 1.82) is 0 Å². The Labute approximate surface area is 103 Å². The summed E-state index contributed by atoms with van der Waals surface area (Å²) in [5.74, 6) is 1.60. The van der Waals surface area contributed by atoms with Gasteiger partial charge in [0.15, 0.2) is 0 Å². The van der Waals surface area contributed by atoms with Crippen LogP contribution in [0, 0.1) is 6.92 Å². The SMILES string of the molecule is CCC(C)c1cccc2c(C)c(CNC)oc12. The van der Waals surface area contributed by atoms with E-state index in [4.69, 9.17) is 4.42 Å². The lowest BCUT2D eigenvalue weighted by Gasteiger charge is -2.08. The highest BCUT2D eigenvalue weighted by atomic mass is 16.3. The van der Waals surface area contributed by atoms with Gasteiger partial charge in [0.2, 0.25) is 0 Å². The molecule has 2 rings (SSSR count). The van der Waals surface area contributed by atoms with Crippen LogP contribution in [-0.2, 0) is 6.54 Å². The molecule has 1 heterocycles. The highest BCUT2D eigenvalue weighted by Crippen LogP contribution is 2.32. The predicted molar refractivity (Wildman–Crippen MR) is 72.4 cm³/mol. The van der Waals surface area contributed by atoms with Crippen LogP contribution < -0.4 is 5.32 Å². The molecule has 0 aliphatic rings. The third kappa shape index (κ3) is 2.09. The van der Waals surface area contributed by atoms with Gasteiger partial charge in [-0.05, 0) is 37.4 Å². The number of hydrogen-bond acceptors (Lipinski definition) is 2. The van der Waals surface area contributed by atoms with Crippen LogP contribution in [0.4, 0.5) is 0 Å². The molecule has 0 aliphatic heterocycles. The van der Waals surface area contributed by atoms with Crippen LogP contribution in [0.1, 0.15) is 43.1 Å². The lowest BCUT2D eigenvalue weighted by molar-refractivity contribution is 0.521. The van der Waals surface area contributed by atoms with E-state index < -0.39 is 0 Å². The van der Waals surface area contributed by atoms with Crippen LogP contribution >= 0.6 is 0 Å². The van der Waals surface area contributed by atoms with Crippen LogP contribution in [0.5, 0.6) is 0 Å². The van der Waals surface area contributed by atoms with E-state index in [0.29, 0.717) is 5.92 Å². The van der Waals surface area contributed by atoms with Gasteiger partial charge in [0.05, 0.1) is 6.54 Å². The lowest BCUT2D eigenvalue weighted by Crippen LogP contribution is -2.04. The van der Waals surface area contributed by atoms with Crippen molar-refractivity contribution in [3.8, 4) is 0 Å². The van der Waals surface area contributed by atoms with Crippen LogP contribution in [0.15, 0.2) is 22.6 Å². The molecule has 0 amide bonds. The van der Waals surface area contributed by atoms with E-state index in [1.165, 1.54) is 16.5 Å². The van der Waals surface area contributed by atoms with Gasteiger partial charge in [-0.1, -0.05) is 32.0 Å². The van der Waals surface area contributed by atoms with E-state index in [-0.39, 0.29) is 0 Å². The molecule has 2 heteroatoms. The summed E-state index contributed by atoms with van der Waals surface area (Å²) in [6, 6.07) is 6.47. The molecule has 2 nitrogen and oxygen atoms in total. The lowest BCUT2D eigenvalue weighted by atomic mass is 9.96. The summed E-state index contributed by atoms with van der Waals surface area (Å²) in [5, 5.41) is 4.41. The molecule has 1 aromatic carbocycles. The highest BCUT2D eigenvalue weighted by Gasteiger charge is 2.15. The van der Waals surface area contributed by atoms with Crippen molar-refractivity contribution in [3.63, 3.8) is 0 Å². The molecule has 92 valence electrons. The van der Waals surface area contributed by atoms with Crippen molar-refractivity contribution in [1.82, 2.24) is 5.32 Å². The van der Waals surface area contributed by atoms with E-state index >= 15 is 0 Å². The van der Waals surface area contributed by atoms with Gasteiger partial charge in [-0.3, -0.25) is 0 Å². The number of para-hydroxylation sites is 1. The average molecular weight is 231 g/mol. The molecule has 1 aromatic heterocycles. The summed E-state index contributed by atoms with van der Waals surface area (Å²) in [7, 11) is 1.95. The number of furan rings is 1. The third-order valence-electron chi connectivity index (χ3n) is 3.57. The van der Waals surface area contributed by atoms with E-state index in [9.17, 15) is 0 Å². The van der Waals surface area contributed by atoms with Crippen molar-refractivity contribution in [3.05, 3.63) is 35.1 Å². The van der Waals surface area contributed by atoms with Gasteiger partial charge in [0, 0.05) is 5.39 Å². The van der Waals surface area contributed by atoms with Gasteiger partial charge in [-0.25, -0.2) is 0 Å². The number of fused-ring (bicyclic) bond motifs is 1. The molecule has 0 bridgehead atoms. The van der Waals surface area contributed by atoms with Crippen molar-refractivity contribution < 1.29 is 4.42 Å². The van der Waals surface area contributed by atoms with Crippen molar-refractivity contribution >= 4 is 11.0 Å². The van der Waals surface area contributed by atoms with Gasteiger partial charge in [-0.15, -0.1) is 0 Å². The average Bonchev–Trinajstić information content (AvgIpc) is 2.66. The molecule has 1 unspecified atom stereocenters. The minimum absolute atomic E-state index is 0.548. The number of hydrogen-bond donors (Lipinski definition) is 1. The zero-order valence-electron chi connectivity index (χ0n) is 11.1. The molecule has 17 heavy (non-hydrogen) atoms. The summed E-state index contributed by atoms with van der Waals surface area (Å²) >= 11 is 0. The van der Waals surface area contributed by atoms with Crippen LogP contribution in [0.25, 0.3) is 11.0 Å². The van der Waals surface area contributed by atoms with E-state index in [2.05, 4.69) is 44.3 Å². The summed E-state index contributed by atoms with van der Waals surface area (Å²) in [4.78, 5) is 0. The second-order valence-electron chi connectivity index (χ2n) is 4.71. The Kier molecular flexibility index (Phi) is 3.53. The van der Waals surface area contributed by atoms with Crippen LogP contribution in [-0.4, -0.2) is 7.05 Å². The zero-order chi connectivity index (χ0) is 12.4. The molecule has 0 radical (unpaired) electrons. The first kappa shape index (κ1) is 12.2. The second-order valence-corrected chi connectivity index (χ2v) is 4.71. The molecule has 0 saturated heterocycles. The minimum Gasteiger partial charge on any atom is -0.459 e. The van der Waals surface area contributed by atoms with Gasteiger partial charge < -0.3 is 9.73 Å². The maximum absolute atomic E-state index is 6.03. The molecule has 2 aromatic rings. The van der Waals surface area contributed by atoms with Gasteiger partial charge in [0.25, 0.3) is 0 Å². The topological polar surface area (TPSA) is 25.2 Å². The summed E-state index contributed by atoms with van der Waals surface area (Å²) in [6.45, 7) is 7.40. The normalized spacial score (nSPS) is 13.2. The molecular weight excluding hydrogens is 210 g/mol. The Morgan fingerprint density at radius 1 is 1.35 bits per heavy atom. The Balaban J connectivity index is 2.60. The first-order valence-corrected chi connectivity index (χ1v) is 6.34. The molecule has 1 N–H and O–H groups in total. The van der Waals surface area contributed by atoms with E-state index in [1.54, 1.807) is 0 Å². The minimum atomic E-state index is 0.548. The fourth-order valence-corrected chi connectivity index (χ4v) is 2.25. The second kappa shape index (κ2) is 4.92. The van der Waals surface area contributed by atoms with E-state index in [0.717, 1.165) is 24.3 Å². The van der Waals surface area contributed by atoms with Crippen molar-refractivity contribution in [2.45, 2.75) is 39.7 Å². The molecule has 0 aliphatic carbocycles. The Morgan fingerprint density at radius 3 is 2.76 bits per heavy atom. The molecular formula is C15H21NO. The fraction of sp³-hybridized carbons (Fsp3) is 0.467. The smallest absolute Gasteiger partial charge is 0.138 e. The molecule has 0 fully saturated rings. The maximum Gasteiger partial charge on any atom is 0.138 e. The van der Waals surface area contributed by atoms with Crippen LogP contribution in [0.2, 0.25) is 0 Å². The number of aryl methyl sites for hydroxylation is 1. The molecule has 1 atom stereocenters. The quantitative estimate of drug-likeness (QED) is 0.861. The zero-order valence-corrected chi connectivity index (χ0v) is 11.1. The fourth-order valence-electron chi connectivity index (χ4n) is 2.25. The summed E-state index contributed by atoms with van der Waals surface area (Å²) < 4.78 is 6.03. The first-order valence-electron chi connectivity index (χ1n) is 6.34. The Hall–Kier alpha value is -1.28. The molecule has 0 saturated carbocycles. The highest BCUT2D eigenvalue weighted by molar-refractivity contribution is 5.85. The van der Waals surface area contributed by atoms with E-state index in [1.807, 2.05) is 7.05 Å².